The van der Waals surface area contributed by atoms with Crippen LogP contribution in [0.2, 0.25) is 5.02 Å². The number of Topliss-reactive ketones (excluding diaryl/α,β-unsaturated/α-hetero) is 1. The lowest BCUT2D eigenvalue weighted by atomic mass is 9.80. The van der Waals surface area contributed by atoms with E-state index < -0.39 is 11.9 Å². The van der Waals surface area contributed by atoms with Gasteiger partial charge in [-0.15, -0.1) is 0 Å². The Morgan fingerprint density at radius 1 is 1.00 bits per heavy atom. The SMILES string of the molecule is CCOC(=O)C1=C(C)NC2=C(C(=O)c3ccccc32)[C@@H]1c1ccc(OCc2ccccc2)c(Cl)c1. The van der Waals surface area contributed by atoms with Gasteiger partial charge in [0, 0.05) is 28.3 Å². The lowest BCUT2D eigenvalue weighted by Crippen LogP contribution is -2.29. The highest BCUT2D eigenvalue weighted by Gasteiger charge is 2.43. The fraction of sp³-hybridized carbons (Fsp3) is 0.172. The molecule has 5 nitrogen and oxygen atoms in total. The molecule has 1 N–H and O–H groups in total. The molecule has 35 heavy (non-hydrogen) atoms. The van der Waals surface area contributed by atoms with Crippen LogP contribution in [0.4, 0.5) is 0 Å². The zero-order valence-electron chi connectivity index (χ0n) is 19.4. The van der Waals surface area contributed by atoms with E-state index in [1.807, 2.05) is 67.6 Å². The molecule has 0 aromatic heterocycles. The quantitative estimate of drug-likeness (QED) is 0.430. The van der Waals surface area contributed by atoms with Crippen LogP contribution in [0.15, 0.2) is 89.6 Å². The minimum Gasteiger partial charge on any atom is -0.487 e. The highest BCUT2D eigenvalue weighted by atomic mass is 35.5. The molecule has 3 aromatic carbocycles. The number of hydrogen-bond donors (Lipinski definition) is 1. The van der Waals surface area contributed by atoms with Crippen LogP contribution in [0.25, 0.3) is 5.70 Å². The van der Waals surface area contributed by atoms with Gasteiger partial charge in [-0.25, -0.2) is 4.79 Å². The third kappa shape index (κ3) is 4.13. The first-order valence-corrected chi connectivity index (χ1v) is 11.9. The van der Waals surface area contributed by atoms with Crippen molar-refractivity contribution in [3.05, 3.63) is 117 Å². The maximum absolute atomic E-state index is 13.5. The number of benzene rings is 3. The highest BCUT2D eigenvalue weighted by Crippen LogP contribution is 2.47. The molecular formula is C29H24ClNO4. The molecule has 5 rings (SSSR count). The molecule has 0 unspecified atom stereocenters. The molecule has 2 aliphatic rings. The van der Waals surface area contributed by atoms with Crippen molar-refractivity contribution in [2.75, 3.05) is 6.61 Å². The van der Waals surface area contributed by atoms with Crippen molar-refractivity contribution in [3.63, 3.8) is 0 Å². The van der Waals surface area contributed by atoms with Gasteiger partial charge in [0.2, 0.25) is 0 Å². The van der Waals surface area contributed by atoms with Gasteiger partial charge in [0.25, 0.3) is 0 Å². The number of halogens is 1. The minimum absolute atomic E-state index is 0.108. The van der Waals surface area contributed by atoms with Crippen LogP contribution in [-0.4, -0.2) is 18.4 Å². The lowest BCUT2D eigenvalue weighted by Gasteiger charge is -2.29. The molecule has 0 amide bonds. The van der Waals surface area contributed by atoms with Crippen molar-refractivity contribution in [2.45, 2.75) is 26.4 Å². The van der Waals surface area contributed by atoms with Crippen molar-refractivity contribution in [1.29, 1.82) is 0 Å². The summed E-state index contributed by atoms with van der Waals surface area (Å²) in [4.78, 5) is 26.6. The zero-order chi connectivity index (χ0) is 24.5. The first-order chi connectivity index (χ1) is 17.0. The first kappa shape index (κ1) is 22.9. The molecule has 0 fully saturated rings. The molecule has 0 saturated carbocycles. The van der Waals surface area contributed by atoms with Gasteiger partial charge in [0.1, 0.15) is 12.4 Å². The van der Waals surface area contributed by atoms with E-state index in [1.165, 1.54) is 0 Å². The van der Waals surface area contributed by atoms with Crippen molar-refractivity contribution in [2.24, 2.45) is 0 Å². The Labute approximate surface area is 209 Å². The summed E-state index contributed by atoms with van der Waals surface area (Å²) in [5.41, 5.74) is 5.49. The van der Waals surface area contributed by atoms with E-state index in [9.17, 15) is 9.59 Å². The van der Waals surface area contributed by atoms with Gasteiger partial charge in [-0.2, -0.15) is 0 Å². The number of esters is 1. The maximum atomic E-state index is 13.5. The average Bonchev–Trinajstić information content (AvgIpc) is 3.14. The Hall–Kier alpha value is -3.83. The van der Waals surface area contributed by atoms with Crippen molar-refractivity contribution in [3.8, 4) is 5.75 Å². The van der Waals surface area contributed by atoms with Crippen LogP contribution >= 0.6 is 11.6 Å². The van der Waals surface area contributed by atoms with Gasteiger partial charge < -0.3 is 14.8 Å². The average molecular weight is 486 g/mol. The number of hydrogen-bond acceptors (Lipinski definition) is 5. The summed E-state index contributed by atoms with van der Waals surface area (Å²) in [6.45, 7) is 4.20. The zero-order valence-corrected chi connectivity index (χ0v) is 20.2. The second-order valence-electron chi connectivity index (χ2n) is 8.44. The third-order valence-electron chi connectivity index (χ3n) is 6.27. The molecule has 1 aliphatic carbocycles. The topological polar surface area (TPSA) is 64.6 Å². The summed E-state index contributed by atoms with van der Waals surface area (Å²) in [5.74, 6) is -0.658. The summed E-state index contributed by atoms with van der Waals surface area (Å²) in [6, 6.07) is 22.7. The lowest BCUT2D eigenvalue weighted by molar-refractivity contribution is -0.138. The van der Waals surface area contributed by atoms with E-state index >= 15 is 0 Å². The van der Waals surface area contributed by atoms with Gasteiger partial charge in [0.05, 0.1) is 22.9 Å². The van der Waals surface area contributed by atoms with E-state index in [0.29, 0.717) is 39.8 Å². The predicted molar refractivity (Wildman–Crippen MR) is 135 cm³/mol. The minimum atomic E-state index is -0.620. The largest absolute Gasteiger partial charge is 0.487 e. The summed E-state index contributed by atoms with van der Waals surface area (Å²) in [6.07, 6.45) is 0. The molecule has 0 saturated heterocycles. The number of rotatable bonds is 6. The van der Waals surface area contributed by atoms with E-state index in [4.69, 9.17) is 21.1 Å². The molecule has 1 aliphatic heterocycles. The predicted octanol–water partition coefficient (Wildman–Crippen LogP) is 6.05. The summed E-state index contributed by atoms with van der Waals surface area (Å²) >= 11 is 6.63. The van der Waals surface area contributed by atoms with Crippen molar-refractivity contribution in [1.82, 2.24) is 5.32 Å². The Balaban J connectivity index is 1.55. The Kier molecular flexibility index (Phi) is 6.18. The van der Waals surface area contributed by atoms with Gasteiger partial charge >= 0.3 is 5.97 Å². The number of carbonyl (C=O) groups excluding carboxylic acids is 2. The summed E-state index contributed by atoms with van der Waals surface area (Å²) < 4.78 is 11.3. The van der Waals surface area contributed by atoms with Crippen molar-refractivity contribution < 1.29 is 19.1 Å². The molecule has 0 radical (unpaired) electrons. The molecule has 6 heteroatoms. The van der Waals surface area contributed by atoms with Crippen LogP contribution < -0.4 is 10.1 Å². The standard InChI is InChI=1S/C29H24ClNO4/c1-3-34-29(33)24-17(2)31-27-20-11-7-8-12-21(20)28(32)26(27)25(24)19-13-14-23(22(30)15-19)35-16-18-9-5-4-6-10-18/h4-15,25,31H,3,16H2,1-2H3/t25-/m1/s1. The summed E-state index contributed by atoms with van der Waals surface area (Å²) in [7, 11) is 0. The van der Waals surface area contributed by atoms with Crippen LogP contribution in [0.3, 0.4) is 0 Å². The summed E-state index contributed by atoms with van der Waals surface area (Å²) in [5, 5.41) is 3.70. The van der Waals surface area contributed by atoms with Crippen LogP contribution in [-0.2, 0) is 16.1 Å². The molecule has 0 spiro atoms. The number of allylic oxidation sites excluding steroid dienone is 2. The van der Waals surface area contributed by atoms with Crippen LogP contribution in [0.1, 0.15) is 46.8 Å². The normalized spacial score (nSPS) is 16.5. The van der Waals surface area contributed by atoms with Gasteiger partial charge in [-0.3, -0.25) is 4.79 Å². The number of fused-ring (bicyclic) bond motifs is 2. The third-order valence-corrected chi connectivity index (χ3v) is 6.57. The number of dihydropyridines is 1. The molecule has 0 bridgehead atoms. The number of nitrogens with one attached hydrogen (secondary N) is 1. The van der Waals surface area contributed by atoms with Gasteiger partial charge in [-0.1, -0.05) is 72.3 Å². The van der Waals surface area contributed by atoms with E-state index in [1.54, 1.807) is 19.1 Å². The number of ether oxygens (including phenoxy) is 2. The number of ketones is 1. The maximum Gasteiger partial charge on any atom is 0.336 e. The Bertz CT molecular complexity index is 1390. The Morgan fingerprint density at radius 3 is 2.43 bits per heavy atom. The fourth-order valence-electron chi connectivity index (χ4n) is 4.69. The van der Waals surface area contributed by atoms with Gasteiger partial charge in [-0.05, 0) is 37.1 Å². The molecule has 3 aromatic rings. The molecule has 176 valence electrons. The molecule has 1 atom stereocenters. The van der Waals surface area contributed by atoms with Crippen molar-refractivity contribution >= 4 is 29.1 Å². The van der Waals surface area contributed by atoms with Gasteiger partial charge in [0.15, 0.2) is 5.78 Å². The molecular weight excluding hydrogens is 462 g/mol. The van der Waals surface area contributed by atoms with Crippen LogP contribution in [0, 0.1) is 0 Å². The fourth-order valence-corrected chi connectivity index (χ4v) is 4.93. The second kappa shape index (κ2) is 9.43. The smallest absolute Gasteiger partial charge is 0.336 e. The number of carbonyl (C=O) groups is 2. The second-order valence-corrected chi connectivity index (χ2v) is 8.85. The molecule has 1 heterocycles. The Morgan fingerprint density at radius 2 is 1.71 bits per heavy atom. The van der Waals surface area contributed by atoms with Crippen LogP contribution in [0.5, 0.6) is 5.75 Å². The van der Waals surface area contributed by atoms with E-state index in [0.717, 1.165) is 22.4 Å². The first-order valence-electron chi connectivity index (χ1n) is 11.5. The van der Waals surface area contributed by atoms with E-state index in [2.05, 4.69) is 5.32 Å². The monoisotopic (exact) mass is 485 g/mol. The van der Waals surface area contributed by atoms with E-state index in [-0.39, 0.29) is 12.4 Å². The highest BCUT2D eigenvalue weighted by molar-refractivity contribution is 6.32.